The number of benzene rings is 2. The highest BCUT2D eigenvalue weighted by molar-refractivity contribution is 6.34. The zero-order valence-corrected chi connectivity index (χ0v) is 18.5. The standard InChI is InChI=1S/C26H28ClNO3/c1-2-15-4-3-5-17(8-15)24(29)18-6-7-21(22(27)11-18)25(30)28-23-19-9-16-10-20(23)14-26(31,12-16)13-19/h3-8,11,16,19-20,23,31H,2,9-10,12-14H2,1H3,(H,28,30). The van der Waals surface area contributed by atoms with Gasteiger partial charge >= 0.3 is 0 Å². The summed E-state index contributed by atoms with van der Waals surface area (Å²) in [5.74, 6) is 0.979. The smallest absolute Gasteiger partial charge is 0.253 e. The second-order valence-electron chi connectivity index (χ2n) is 9.77. The van der Waals surface area contributed by atoms with Crippen molar-refractivity contribution in [1.29, 1.82) is 0 Å². The Labute approximate surface area is 188 Å². The molecule has 0 aliphatic heterocycles. The van der Waals surface area contributed by atoms with Gasteiger partial charge in [0.2, 0.25) is 0 Å². The first-order valence-corrected chi connectivity index (χ1v) is 11.7. The van der Waals surface area contributed by atoms with Crippen LogP contribution in [0.2, 0.25) is 5.02 Å². The van der Waals surface area contributed by atoms with E-state index < -0.39 is 5.60 Å². The van der Waals surface area contributed by atoms with Crippen molar-refractivity contribution in [3.05, 3.63) is 69.7 Å². The Balaban J connectivity index is 1.32. The van der Waals surface area contributed by atoms with Gasteiger partial charge in [0.05, 0.1) is 16.2 Å². The van der Waals surface area contributed by atoms with Crippen LogP contribution in [-0.4, -0.2) is 28.4 Å². The highest BCUT2D eigenvalue weighted by Gasteiger charge is 2.55. The summed E-state index contributed by atoms with van der Waals surface area (Å²) in [6.07, 6.45) is 5.51. The summed E-state index contributed by atoms with van der Waals surface area (Å²) in [5.41, 5.74) is 2.08. The Hall–Kier alpha value is -2.17. The number of hydrogen-bond donors (Lipinski definition) is 2. The van der Waals surface area contributed by atoms with Crippen molar-refractivity contribution in [3.8, 4) is 0 Å². The van der Waals surface area contributed by atoms with Crippen LogP contribution in [0.5, 0.6) is 0 Å². The number of halogens is 1. The third kappa shape index (κ3) is 3.81. The quantitative estimate of drug-likeness (QED) is 0.660. The molecular weight excluding hydrogens is 410 g/mol. The second kappa shape index (κ2) is 7.75. The molecule has 2 aromatic carbocycles. The van der Waals surface area contributed by atoms with E-state index in [2.05, 4.69) is 12.2 Å². The van der Waals surface area contributed by atoms with E-state index in [0.29, 0.717) is 34.4 Å². The van der Waals surface area contributed by atoms with Gasteiger partial charge in [-0.2, -0.15) is 0 Å². The molecule has 2 N–H and O–H groups in total. The molecule has 6 rings (SSSR count). The zero-order chi connectivity index (χ0) is 21.8. The van der Waals surface area contributed by atoms with Crippen molar-refractivity contribution >= 4 is 23.3 Å². The van der Waals surface area contributed by atoms with Gasteiger partial charge in [0.25, 0.3) is 5.91 Å². The lowest BCUT2D eigenvalue weighted by atomic mass is 9.52. The fraction of sp³-hybridized carbons (Fsp3) is 0.462. The van der Waals surface area contributed by atoms with Crippen molar-refractivity contribution < 1.29 is 14.7 Å². The molecule has 0 heterocycles. The van der Waals surface area contributed by atoms with E-state index in [1.54, 1.807) is 24.3 Å². The number of carbonyl (C=O) groups excluding carboxylic acids is 2. The van der Waals surface area contributed by atoms with Gasteiger partial charge in [0.1, 0.15) is 0 Å². The first-order chi connectivity index (χ1) is 14.8. The molecule has 0 radical (unpaired) electrons. The van der Waals surface area contributed by atoms with Crippen molar-refractivity contribution in [3.63, 3.8) is 0 Å². The van der Waals surface area contributed by atoms with Gasteiger partial charge in [-0.25, -0.2) is 0 Å². The highest BCUT2D eigenvalue weighted by Crippen LogP contribution is 2.55. The van der Waals surface area contributed by atoms with E-state index in [-0.39, 0.29) is 22.8 Å². The van der Waals surface area contributed by atoms with Crippen LogP contribution in [0.15, 0.2) is 42.5 Å². The third-order valence-corrected chi connectivity index (χ3v) is 7.92. The molecule has 4 bridgehead atoms. The molecule has 4 aliphatic rings. The average Bonchev–Trinajstić information content (AvgIpc) is 2.74. The van der Waals surface area contributed by atoms with Crippen LogP contribution in [0, 0.1) is 17.8 Å². The molecule has 4 aliphatic carbocycles. The largest absolute Gasteiger partial charge is 0.390 e. The molecule has 31 heavy (non-hydrogen) atoms. The number of ketones is 1. The summed E-state index contributed by atoms with van der Waals surface area (Å²) in [6.45, 7) is 2.05. The van der Waals surface area contributed by atoms with Crippen LogP contribution in [0.3, 0.4) is 0 Å². The minimum atomic E-state index is -0.521. The number of aliphatic hydroxyl groups is 1. The summed E-state index contributed by atoms with van der Waals surface area (Å²) in [5, 5.41) is 14.3. The highest BCUT2D eigenvalue weighted by atomic mass is 35.5. The Morgan fingerprint density at radius 2 is 1.77 bits per heavy atom. The van der Waals surface area contributed by atoms with Crippen molar-refractivity contribution in [1.82, 2.24) is 5.32 Å². The number of nitrogens with one attached hydrogen (secondary N) is 1. The summed E-state index contributed by atoms with van der Waals surface area (Å²) in [6, 6.07) is 12.6. The maximum Gasteiger partial charge on any atom is 0.253 e. The zero-order valence-electron chi connectivity index (χ0n) is 17.7. The van der Waals surface area contributed by atoms with Gasteiger partial charge in [-0.1, -0.05) is 42.8 Å². The SMILES string of the molecule is CCc1cccc(C(=O)c2ccc(C(=O)NC3C4CC5CC3CC(O)(C5)C4)c(Cl)c2)c1. The van der Waals surface area contributed by atoms with Crippen LogP contribution in [0.4, 0.5) is 0 Å². The molecule has 0 aromatic heterocycles. The maximum absolute atomic E-state index is 13.0. The Bertz CT molecular complexity index is 1030. The molecular formula is C26H28ClNO3. The number of aryl methyl sites for hydroxylation is 1. The Morgan fingerprint density at radius 1 is 1.06 bits per heavy atom. The predicted molar refractivity (Wildman–Crippen MR) is 120 cm³/mol. The van der Waals surface area contributed by atoms with Gasteiger partial charge in [0, 0.05) is 17.2 Å². The molecule has 2 atom stereocenters. The summed E-state index contributed by atoms with van der Waals surface area (Å²) in [7, 11) is 0. The first-order valence-electron chi connectivity index (χ1n) is 11.3. The van der Waals surface area contributed by atoms with Gasteiger partial charge in [-0.3, -0.25) is 9.59 Å². The molecule has 2 unspecified atom stereocenters. The number of rotatable bonds is 5. The fourth-order valence-electron chi connectivity index (χ4n) is 6.39. The number of hydrogen-bond acceptors (Lipinski definition) is 3. The summed E-state index contributed by atoms with van der Waals surface area (Å²) >= 11 is 6.45. The average molecular weight is 438 g/mol. The minimum Gasteiger partial charge on any atom is -0.390 e. The van der Waals surface area contributed by atoms with E-state index in [0.717, 1.165) is 44.1 Å². The topological polar surface area (TPSA) is 66.4 Å². The molecule has 162 valence electrons. The molecule has 1 amide bonds. The maximum atomic E-state index is 13.0. The minimum absolute atomic E-state index is 0.0958. The van der Waals surface area contributed by atoms with E-state index in [1.807, 2.05) is 18.2 Å². The monoisotopic (exact) mass is 437 g/mol. The lowest BCUT2D eigenvalue weighted by Crippen LogP contribution is -2.61. The van der Waals surface area contributed by atoms with Crippen LogP contribution < -0.4 is 5.32 Å². The van der Waals surface area contributed by atoms with E-state index in [4.69, 9.17) is 11.6 Å². The lowest BCUT2D eigenvalue weighted by molar-refractivity contribution is -0.136. The first kappa shape index (κ1) is 20.7. The molecule has 5 heteroatoms. The van der Waals surface area contributed by atoms with Crippen molar-refractivity contribution in [2.45, 2.75) is 57.1 Å². The number of carbonyl (C=O) groups is 2. The lowest BCUT2D eigenvalue weighted by Gasteiger charge is -2.58. The van der Waals surface area contributed by atoms with E-state index in [9.17, 15) is 14.7 Å². The van der Waals surface area contributed by atoms with Gasteiger partial charge in [-0.05, 0) is 80.0 Å². The van der Waals surface area contributed by atoms with Crippen molar-refractivity contribution in [2.75, 3.05) is 0 Å². The molecule has 0 saturated heterocycles. The van der Waals surface area contributed by atoms with Gasteiger partial charge in [-0.15, -0.1) is 0 Å². The van der Waals surface area contributed by atoms with Gasteiger partial charge in [0.15, 0.2) is 5.78 Å². The molecule has 4 fully saturated rings. The van der Waals surface area contributed by atoms with Crippen LogP contribution >= 0.6 is 11.6 Å². The Kier molecular flexibility index (Phi) is 5.18. The third-order valence-electron chi connectivity index (χ3n) is 7.61. The van der Waals surface area contributed by atoms with Crippen LogP contribution in [-0.2, 0) is 6.42 Å². The van der Waals surface area contributed by atoms with Crippen LogP contribution in [0.1, 0.15) is 70.9 Å². The summed E-state index contributed by atoms with van der Waals surface area (Å²) in [4.78, 5) is 25.9. The molecule has 4 nitrogen and oxygen atoms in total. The predicted octanol–water partition coefficient (Wildman–Crippen LogP) is 4.80. The number of amides is 1. The summed E-state index contributed by atoms with van der Waals surface area (Å²) < 4.78 is 0. The Morgan fingerprint density at radius 3 is 2.42 bits per heavy atom. The van der Waals surface area contributed by atoms with Gasteiger partial charge < -0.3 is 10.4 Å². The van der Waals surface area contributed by atoms with E-state index >= 15 is 0 Å². The normalized spacial score (nSPS) is 30.9. The van der Waals surface area contributed by atoms with E-state index in [1.165, 1.54) is 0 Å². The second-order valence-corrected chi connectivity index (χ2v) is 10.2. The molecule has 4 saturated carbocycles. The molecule has 2 aromatic rings. The fourth-order valence-corrected chi connectivity index (χ4v) is 6.65. The molecule has 0 spiro atoms. The van der Waals surface area contributed by atoms with Crippen LogP contribution in [0.25, 0.3) is 0 Å². The van der Waals surface area contributed by atoms with Crippen molar-refractivity contribution in [2.24, 2.45) is 17.8 Å².